The molecular formula is C20H15Br2N5O2S. The first-order valence-corrected chi connectivity index (χ1v) is 11.5. The van der Waals surface area contributed by atoms with E-state index in [2.05, 4.69) is 47.9 Å². The molecule has 0 unspecified atom stereocenters. The Hall–Kier alpha value is -2.30. The number of rotatable bonds is 5. The summed E-state index contributed by atoms with van der Waals surface area (Å²) in [6.45, 7) is 0.932. The fourth-order valence-electron chi connectivity index (χ4n) is 3.20. The van der Waals surface area contributed by atoms with Crippen molar-refractivity contribution in [3.8, 4) is 11.5 Å². The number of fused-ring (bicyclic) bond motifs is 2. The van der Waals surface area contributed by atoms with Crippen molar-refractivity contribution < 1.29 is 9.47 Å². The van der Waals surface area contributed by atoms with Gasteiger partial charge in [0.2, 0.25) is 6.79 Å². The van der Waals surface area contributed by atoms with E-state index >= 15 is 0 Å². The zero-order valence-electron chi connectivity index (χ0n) is 15.5. The van der Waals surface area contributed by atoms with Gasteiger partial charge in [-0.2, -0.15) is 0 Å². The van der Waals surface area contributed by atoms with Crippen LogP contribution in [0.3, 0.4) is 0 Å². The van der Waals surface area contributed by atoms with Gasteiger partial charge in [-0.15, -0.1) is 0 Å². The van der Waals surface area contributed by atoms with E-state index < -0.39 is 0 Å². The van der Waals surface area contributed by atoms with Crippen molar-refractivity contribution >= 4 is 54.8 Å². The van der Waals surface area contributed by atoms with E-state index in [1.807, 2.05) is 34.9 Å². The maximum absolute atomic E-state index is 8.17. The number of aromatic amines is 1. The van der Waals surface area contributed by atoms with Crippen molar-refractivity contribution in [1.82, 2.24) is 19.5 Å². The van der Waals surface area contributed by atoms with E-state index in [4.69, 9.17) is 19.9 Å². The van der Waals surface area contributed by atoms with Crippen molar-refractivity contribution in [2.45, 2.75) is 23.0 Å². The maximum Gasteiger partial charge on any atom is 0.231 e. The molecule has 10 heteroatoms. The lowest BCUT2D eigenvalue weighted by Gasteiger charge is -2.08. The number of nitrogens with zero attached hydrogens (tertiary/aromatic N) is 3. The number of imidazole rings is 1. The first kappa shape index (κ1) is 19.7. The van der Waals surface area contributed by atoms with Gasteiger partial charge < -0.3 is 19.0 Å². The van der Waals surface area contributed by atoms with Gasteiger partial charge in [-0.3, -0.25) is 5.41 Å². The van der Waals surface area contributed by atoms with Crippen LogP contribution in [0, 0.1) is 5.41 Å². The first-order valence-electron chi connectivity index (χ1n) is 9.08. The van der Waals surface area contributed by atoms with Crippen LogP contribution in [0.1, 0.15) is 5.56 Å². The predicted molar refractivity (Wildman–Crippen MR) is 120 cm³/mol. The number of aromatic nitrogens is 4. The van der Waals surface area contributed by atoms with E-state index in [-0.39, 0.29) is 12.3 Å². The number of ether oxygens (including phenoxy) is 2. The van der Waals surface area contributed by atoms with Gasteiger partial charge in [-0.05, 0) is 46.1 Å². The lowest BCUT2D eigenvalue weighted by atomic mass is 10.1. The van der Waals surface area contributed by atoms with Crippen molar-refractivity contribution in [3.63, 3.8) is 0 Å². The predicted octanol–water partition coefficient (Wildman–Crippen LogP) is 4.89. The van der Waals surface area contributed by atoms with E-state index in [0.717, 1.165) is 26.0 Å². The number of hydrogen-bond acceptors (Lipinski definition) is 6. The third-order valence-electron chi connectivity index (χ3n) is 4.71. The zero-order chi connectivity index (χ0) is 20.7. The molecule has 2 aromatic heterocycles. The molecule has 0 aliphatic carbocycles. The van der Waals surface area contributed by atoms with Crippen molar-refractivity contribution in [2.24, 2.45) is 0 Å². The molecule has 2 aromatic carbocycles. The highest BCUT2D eigenvalue weighted by molar-refractivity contribution is 9.10. The molecule has 0 fully saturated rings. The smallest absolute Gasteiger partial charge is 0.231 e. The summed E-state index contributed by atoms with van der Waals surface area (Å²) in [7, 11) is 0. The van der Waals surface area contributed by atoms with Crippen LogP contribution in [0.2, 0.25) is 0 Å². The van der Waals surface area contributed by atoms with Crippen LogP contribution in [0.4, 0.5) is 0 Å². The Morgan fingerprint density at radius 3 is 2.77 bits per heavy atom. The van der Waals surface area contributed by atoms with Gasteiger partial charge in [0, 0.05) is 20.4 Å². The van der Waals surface area contributed by atoms with Crippen LogP contribution in [-0.2, 0) is 13.0 Å². The largest absolute Gasteiger partial charge is 0.454 e. The lowest BCUT2D eigenvalue weighted by molar-refractivity contribution is 0.174. The van der Waals surface area contributed by atoms with Gasteiger partial charge >= 0.3 is 0 Å². The molecule has 2 N–H and O–H groups in total. The van der Waals surface area contributed by atoms with Gasteiger partial charge in [0.05, 0.1) is 6.33 Å². The summed E-state index contributed by atoms with van der Waals surface area (Å²) < 4.78 is 14.8. The molecule has 0 atom stereocenters. The minimum Gasteiger partial charge on any atom is -0.454 e. The summed E-state index contributed by atoms with van der Waals surface area (Å²) in [4.78, 5) is 13.1. The molecule has 4 aromatic rings. The summed E-state index contributed by atoms with van der Waals surface area (Å²) >= 11 is 8.64. The number of aryl methyl sites for hydroxylation is 2. The fourth-order valence-corrected chi connectivity index (χ4v) is 5.06. The molecule has 0 spiro atoms. The summed E-state index contributed by atoms with van der Waals surface area (Å²) in [5, 5.41) is 8.85. The molecule has 7 nitrogen and oxygen atoms in total. The number of nitrogens with one attached hydrogen (secondary N) is 2. The Morgan fingerprint density at radius 1 is 1.13 bits per heavy atom. The van der Waals surface area contributed by atoms with Gasteiger partial charge in [0.1, 0.15) is 5.52 Å². The lowest BCUT2D eigenvalue weighted by Crippen LogP contribution is -2.13. The van der Waals surface area contributed by atoms with Crippen LogP contribution in [0.25, 0.3) is 11.2 Å². The third-order valence-corrected chi connectivity index (χ3v) is 7.35. The molecule has 5 rings (SSSR count). The Morgan fingerprint density at radius 2 is 1.93 bits per heavy atom. The van der Waals surface area contributed by atoms with Crippen LogP contribution >= 0.6 is 43.6 Å². The van der Waals surface area contributed by atoms with E-state index in [1.165, 1.54) is 17.3 Å². The quantitative estimate of drug-likeness (QED) is 0.371. The van der Waals surface area contributed by atoms with Crippen LogP contribution in [0.5, 0.6) is 11.5 Å². The third kappa shape index (κ3) is 3.75. The topological polar surface area (TPSA) is 88.8 Å². The molecular weight excluding hydrogens is 534 g/mol. The highest BCUT2D eigenvalue weighted by atomic mass is 79.9. The van der Waals surface area contributed by atoms with Crippen molar-refractivity contribution in [3.05, 3.63) is 62.7 Å². The summed E-state index contributed by atoms with van der Waals surface area (Å²) in [6.07, 6.45) is 2.50. The van der Waals surface area contributed by atoms with Gasteiger partial charge in [-0.1, -0.05) is 45.9 Å². The average Bonchev–Trinajstić information content (AvgIpc) is 3.36. The summed E-state index contributed by atoms with van der Waals surface area (Å²) in [6, 6.07) is 12.0. The molecule has 0 bridgehead atoms. The highest BCUT2D eigenvalue weighted by Gasteiger charge is 2.18. The van der Waals surface area contributed by atoms with Crippen LogP contribution in [-0.4, -0.2) is 26.3 Å². The number of benzene rings is 2. The monoisotopic (exact) mass is 547 g/mol. The number of hydrogen-bond donors (Lipinski definition) is 2. The molecule has 0 saturated heterocycles. The minimum atomic E-state index is 0.172. The second kappa shape index (κ2) is 8.09. The second-order valence-electron chi connectivity index (χ2n) is 6.61. The Bertz CT molecular complexity index is 1320. The number of H-pyrrole nitrogens is 1. The summed E-state index contributed by atoms with van der Waals surface area (Å²) in [5.74, 6) is 1.43. The Labute approximate surface area is 192 Å². The van der Waals surface area contributed by atoms with Gasteiger partial charge in [-0.25, -0.2) is 9.97 Å². The van der Waals surface area contributed by atoms with Gasteiger partial charge in [0.25, 0.3) is 0 Å². The molecule has 0 radical (unpaired) electrons. The molecule has 30 heavy (non-hydrogen) atoms. The Kier molecular flexibility index (Phi) is 5.30. The average molecular weight is 549 g/mol. The summed E-state index contributed by atoms with van der Waals surface area (Å²) in [5.41, 5.74) is 2.71. The van der Waals surface area contributed by atoms with Crippen LogP contribution in [0.15, 0.2) is 61.7 Å². The first-order chi connectivity index (χ1) is 14.6. The maximum atomic E-state index is 8.17. The van der Waals surface area contributed by atoms with E-state index in [1.54, 1.807) is 6.33 Å². The second-order valence-corrected chi connectivity index (χ2v) is 9.35. The fraction of sp³-hybridized carbons (Fsp3) is 0.150. The van der Waals surface area contributed by atoms with E-state index in [9.17, 15) is 0 Å². The SMILES string of the molecule is N=c1ncn(CCc2ccccc2Br)c2nc(Sc3cc4c(cc3Br)OCO4)[nH]c12. The van der Waals surface area contributed by atoms with E-state index in [0.29, 0.717) is 28.6 Å². The molecule has 3 heterocycles. The van der Waals surface area contributed by atoms with Crippen LogP contribution < -0.4 is 15.0 Å². The normalized spacial score (nSPS) is 12.6. The van der Waals surface area contributed by atoms with Crippen molar-refractivity contribution in [2.75, 3.05) is 6.79 Å². The molecule has 152 valence electrons. The number of halogens is 2. The highest BCUT2D eigenvalue weighted by Crippen LogP contribution is 2.42. The molecule has 0 amide bonds. The zero-order valence-corrected chi connectivity index (χ0v) is 19.5. The molecule has 1 aliphatic heterocycles. The standard InChI is InChI=1S/C20H15Br2N5O2S/c21-12-4-2-1-3-11(12)5-6-27-9-24-18(23)17-19(27)26-20(25-17)30-16-8-15-14(7-13(16)22)28-10-29-15/h1-4,7-9,23H,5-6,10H2,(H,25,26). The Balaban J connectivity index is 1.45. The minimum absolute atomic E-state index is 0.172. The van der Waals surface area contributed by atoms with Gasteiger partial charge in [0.15, 0.2) is 27.8 Å². The van der Waals surface area contributed by atoms with Crippen molar-refractivity contribution in [1.29, 1.82) is 5.41 Å². The molecule has 0 saturated carbocycles. The molecule has 1 aliphatic rings.